The van der Waals surface area contributed by atoms with Crippen molar-refractivity contribution < 1.29 is 9.53 Å². The lowest BCUT2D eigenvalue weighted by Crippen LogP contribution is -2.49. The van der Waals surface area contributed by atoms with Crippen LogP contribution in [0.15, 0.2) is 42.7 Å². The van der Waals surface area contributed by atoms with Crippen LogP contribution in [0.4, 0.5) is 5.95 Å². The van der Waals surface area contributed by atoms with Crippen molar-refractivity contribution in [1.82, 2.24) is 14.9 Å². The fourth-order valence-corrected chi connectivity index (χ4v) is 2.85. The molecule has 1 aromatic heterocycles. The van der Waals surface area contributed by atoms with Crippen molar-refractivity contribution in [3.8, 4) is 5.75 Å². The van der Waals surface area contributed by atoms with Gasteiger partial charge in [-0.05, 0) is 30.2 Å². The van der Waals surface area contributed by atoms with Crippen LogP contribution in [0.25, 0.3) is 0 Å². The Morgan fingerprint density at radius 1 is 1.12 bits per heavy atom. The number of aryl methyl sites for hydroxylation is 1. The first-order valence-electron chi connectivity index (χ1n) is 8.19. The van der Waals surface area contributed by atoms with Crippen LogP contribution in [0.5, 0.6) is 5.75 Å². The minimum Gasteiger partial charge on any atom is -0.497 e. The summed E-state index contributed by atoms with van der Waals surface area (Å²) < 4.78 is 5.22. The number of hydrogen-bond donors (Lipinski definition) is 0. The van der Waals surface area contributed by atoms with Gasteiger partial charge in [-0.1, -0.05) is 12.1 Å². The maximum Gasteiger partial charge on any atom is 0.225 e. The molecular formula is C18H22N4O2. The number of amides is 1. The number of ether oxygens (including phenoxy) is 1. The van der Waals surface area contributed by atoms with Crippen LogP contribution >= 0.6 is 0 Å². The van der Waals surface area contributed by atoms with Crippen LogP contribution in [0.1, 0.15) is 12.0 Å². The zero-order valence-electron chi connectivity index (χ0n) is 13.9. The minimum atomic E-state index is 0.200. The largest absolute Gasteiger partial charge is 0.497 e. The predicted octanol–water partition coefficient (Wildman–Crippen LogP) is 1.77. The van der Waals surface area contributed by atoms with Gasteiger partial charge in [-0.3, -0.25) is 4.79 Å². The first kappa shape index (κ1) is 16.2. The first-order chi connectivity index (χ1) is 11.8. The topological polar surface area (TPSA) is 58.6 Å². The lowest BCUT2D eigenvalue weighted by Gasteiger charge is -2.34. The van der Waals surface area contributed by atoms with E-state index in [1.165, 1.54) is 0 Å². The highest BCUT2D eigenvalue weighted by Crippen LogP contribution is 2.15. The van der Waals surface area contributed by atoms with E-state index in [-0.39, 0.29) is 5.91 Å². The van der Waals surface area contributed by atoms with Crippen LogP contribution in [-0.4, -0.2) is 54.1 Å². The molecule has 6 heteroatoms. The normalized spacial score (nSPS) is 14.5. The lowest BCUT2D eigenvalue weighted by molar-refractivity contribution is -0.131. The highest BCUT2D eigenvalue weighted by molar-refractivity contribution is 5.76. The molecule has 0 unspecified atom stereocenters. The molecule has 1 aliphatic heterocycles. The van der Waals surface area contributed by atoms with E-state index < -0.39 is 0 Å². The van der Waals surface area contributed by atoms with Crippen LogP contribution < -0.4 is 9.64 Å². The van der Waals surface area contributed by atoms with Gasteiger partial charge >= 0.3 is 0 Å². The van der Waals surface area contributed by atoms with Crippen molar-refractivity contribution >= 4 is 11.9 Å². The molecule has 2 aromatic rings. The van der Waals surface area contributed by atoms with E-state index >= 15 is 0 Å². The summed E-state index contributed by atoms with van der Waals surface area (Å²) in [4.78, 5) is 25.0. The maximum absolute atomic E-state index is 12.4. The number of piperazine rings is 1. The quantitative estimate of drug-likeness (QED) is 0.838. The summed E-state index contributed by atoms with van der Waals surface area (Å²) >= 11 is 0. The Morgan fingerprint density at radius 2 is 1.88 bits per heavy atom. The summed E-state index contributed by atoms with van der Waals surface area (Å²) in [6.07, 6.45) is 4.75. The summed E-state index contributed by atoms with van der Waals surface area (Å²) in [5.74, 6) is 1.77. The van der Waals surface area contributed by atoms with E-state index in [0.717, 1.165) is 49.9 Å². The Morgan fingerprint density at radius 3 is 2.58 bits per heavy atom. The van der Waals surface area contributed by atoms with E-state index in [1.807, 2.05) is 35.2 Å². The van der Waals surface area contributed by atoms with Gasteiger partial charge in [0.05, 0.1) is 7.11 Å². The lowest BCUT2D eigenvalue weighted by atomic mass is 10.1. The van der Waals surface area contributed by atoms with Gasteiger partial charge in [-0.25, -0.2) is 9.97 Å². The Hall–Kier alpha value is -2.63. The Kier molecular flexibility index (Phi) is 5.25. The van der Waals surface area contributed by atoms with Gasteiger partial charge in [0.1, 0.15) is 5.75 Å². The summed E-state index contributed by atoms with van der Waals surface area (Å²) in [5, 5.41) is 0. The molecule has 126 valence electrons. The molecule has 6 nitrogen and oxygen atoms in total. The number of carbonyl (C=O) groups is 1. The van der Waals surface area contributed by atoms with Crippen molar-refractivity contribution in [3.63, 3.8) is 0 Å². The molecule has 24 heavy (non-hydrogen) atoms. The number of aromatic nitrogens is 2. The average Bonchev–Trinajstić information content (AvgIpc) is 2.67. The fourth-order valence-electron chi connectivity index (χ4n) is 2.85. The third-order valence-corrected chi connectivity index (χ3v) is 4.23. The summed E-state index contributed by atoms with van der Waals surface area (Å²) in [6.45, 7) is 2.98. The molecule has 0 aliphatic carbocycles. The van der Waals surface area contributed by atoms with Crippen LogP contribution in [-0.2, 0) is 11.2 Å². The average molecular weight is 326 g/mol. The minimum absolute atomic E-state index is 0.200. The standard InChI is InChI=1S/C18H22N4O2/c1-24-16-5-2-4-15(14-16)6-7-17(23)21-10-12-22(13-11-21)18-19-8-3-9-20-18/h2-5,8-9,14H,6-7,10-13H2,1H3. The zero-order chi connectivity index (χ0) is 16.8. The van der Waals surface area contributed by atoms with E-state index in [9.17, 15) is 4.79 Å². The van der Waals surface area contributed by atoms with Gasteiger partial charge in [0.25, 0.3) is 0 Å². The Balaban J connectivity index is 1.48. The molecule has 1 fully saturated rings. The molecule has 0 bridgehead atoms. The monoisotopic (exact) mass is 326 g/mol. The van der Waals surface area contributed by atoms with Crippen LogP contribution in [0.2, 0.25) is 0 Å². The summed E-state index contributed by atoms with van der Waals surface area (Å²) in [5.41, 5.74) is 1.12. The molecule has 3 rings (SSSR count). The van der Waals surface area contributed by atoms with E-state index in [2.05, 4.69) is 14.9 Å². The first-order valence-corrected chi connectivity index (χ1v) is 8.19. The van der Waals surface area contributed by atoms with Gasteiger partial charge in [0.2, 0.25) is 11.9 Å². The number of methoxy groups -OCH3 is 1. The molecule has 1 aliphatic rings. The summed E-state index contributed by atoms with van der Waals surface area (Å²) in [6, 6.07) is 9.69. The predicted molar refractivity (Wildman–Crippen MR) is 92.1 cm³/mol. The van der Waals surface area contributed by atoms with Crippen LogP contribution in [0, 0.1) is 0 Å². The fraction of sp³-hybridized carbons (Fsp3) is 0.389. The number of carbonyl (C=O) groups excluding carboxylic acids is 1. The molecule has 1 aromatic carbocycles. The number of anilines is 1. The molecule has 0 radical (unpaired) electrons. The second-order valence-corrected chi connectivity index (χ2v) is 5.77. The van der Waals surface area contributed by atoms with Crippen molar-refractivity contribution in [3.05, 3.63) is 48.3 Å². The third kappa shape index (κ3) is 4.01. The van der Waals surface area contributed by atoms with E-state index in [1.54, 1.807) is 19.5 Å². The van der Waals surface area contributed by atoms with Gasteiger partial charge in [-0.15, -0.1) is 0 Å². The van der Waals surface area contributed by atoms with Crippen molar-refractivity contribution in [1.29, 1.82) is 0 Å². The summed E-state index contributed by atoms with van der Waals surface area (Å²) in [7, 11) is 1.65. The molecular weight excluding hydrogens is 304 g/mol. The molecule has 1 amide bonds. The second kappa shape index (κ2) is 7.77. The molecule has 2 heterocycles. The van der Waals surface area contributed by atoms with E-state index in [4.69, 9.17) is 4.74 Å². The van der Waals surface area contributed by atoms with Gasteiger partial charge < -0.3 is 14.5 Å². The zero-order valence-corrected chi connectivity index (χ0v) is 13.9. The molecule has 0 saturated carbocycles. The molecule has 0 spiro atoms. The maximum atomic E-state index is 12.4. The van der Waals surface area contributed by atoms with Crippen LogP contribution in [0.3, 0.4) is 0 Å². The highest BCUT2D eigenvalue weighted by Gasteiger charge is 2.22. The Labute approximate surface area is 142 Å². The van der Waals surface area contributed by atoms with Crippen molar-refractivity contribution in [2.24, 2.45) is 0 Å². The smallest absolute Gasteiger partial charge is 0.225 e. The van der Waals surface area contributed by atoms with Gasteiger partial charge in [0.15, 0.2) is 0 Å². The van der Waals surface area contributed by atoms with E-state index in [0.29, 0.717) is 6.42 Å². The van der Waals surface area contributed by atoms with Gasteiger partial charge in [0, 0.05) is 45.0 Å². The Bertz CT molecular complexity index is 670. The number of nitrogens with zero attached hydrogens (tertiary/aromatic N) is 4. The number of hydrogen-bond acceptors (Lipinski definition) is 5. The molecule has 1 saturated heterocycles. The number of benzene rings is 1. The molecule has 0 atom stereocenters. The van der Waals surface area contributed by atoms with Crippen molar-refractivity contribution in [2.45, 2.75) is 12.8 Å². The second-order valence-electron chi connectivity index (χ2n) is 5.77. The molecule has 0 N–H and O–H groups in total. The number of rotatable bonds is 5. The van der Waals surface area contributed by atoms with Gasteiger partial charge in [-0.2, -0.15) is 0 Å². The highest BCUT2D eigenvalue weighted by atomic mass is 16.5. The van der Waals surface area contributed by atoms with Crippen molar-refractivity contribution in [2.75, 3.05) is 38.2 Å². The SMILES string of the molecule is COc1cccc(CCC(=O)N2CCN(c3ncccn3)CC2)c1. The third-order valence-electron chi connectivity index (χ3n) is 4.23.